The van der Waals surface area contributed by atoms with Gasteiger partial charge in [-0.15, -0.1) is 0 Å². The number of nitrogens with one attached hydrogen (secondary N) is 1. The van der Waals surface area contributed by atoms with Crippen molar-refractivity contribution >= 4 is 5.97 Å². The molecular formula is C14H21NO4. The lowest BCUT2D eigenvalue weighted by molar-refractivity contribution is -0.147. The van der Waals surface area contributed by atoms with Gasteiger partial charge in [0.05, 0.1) is 13.7 Å². The van der Waals surface area contributed by atoms with Gasteiger partial charge in [-0.05, 0) is 13.0 Å². The molecule has 1 atom stereocenters. The Morgan fingerprint density at radius 3 is 2.74 bits per heavy atom. The van der Waals surface area contributed by atoms with E-state index in [2.05, 4.69) is 10.1 Å². The van der Waals surface area contributed by atoms with Gasteiger partial charge in [0.2, 0.25) is 0 Å². The topological polar surface area (TPSA) is 56.8 Å². The summed E-state index contributed by atoms with van der Waals surface area (Å²) in [7, 11) is 3.01. The van der Waals surface area contributed by atoms with Gasteiger partial charge in [0.25, 0.3) is 0 Å². The molecule has 5 nitrogen and oxygen atoms in total. The van der Waals surface area contributed by atoms with Crippen LogP contribution < -0.4 is 10.1 Å². The molecule has 0 amide bonds. The minimum Gasteiger partial charge on any atom is -0.479 e. The Bertz CT molecular complexity index is 395. The molecule has 0 heterocycles. The predicted octanol–water partition coefficient (Wildman–Crippen LogP) is 1.36. The van der Waals surface area contributed by atoms with E-state index in [1.54, 1.807) is 14.0 Å². The highest BCUT2D eigenvalue weighted by Gasteiger charge is 2.16. The van der Waals surface area contributed by atoms with Crippen molar-refractivity contribution < 1.29 is 19.0 Å². The van der Waals surface area contributed by atoms with Gasteiger partial charge in [0.1, 0.15) is 5.75 Å². The fraction of sp³-hybridized carbons (Fsp3) is 0.500. The monoisotopic (exact) mass is 267 g/mol. The first-order valence-electron chi connectivity index (χ1n) is 6.21. The summed E-state index contributed by atoms with van der Waals surface area (Å²) < 4.78 is 15.2. The number of benzene rings is 1. The van der Waals surface area contributed by atoms with E-state index in [0.717, 1.165) is 12.1 Å². The lowest BCUT2D eigenvalue weighted by Crippen LogP contribution is -2.26. The Balaban J connectivity index is 2.59. The molecule has 106 valence electrons. The summed E-state index contributed by atoms with van der Waals surface area (Å²) in [6.45, 7) is 3.74. The molecule has 0 saturated carbocycles. The van der Waals surface area contributed by atoms with E-state index in [0.29, 0.717) is 18.9 Å². The molecule has 1 unspecified atom stereocenters. The molecule has 0 aliphatic rings. The first kappa shape index (κ1) is 15.5. The Morgan fingerprint density at radius 2 is 2.05 bits per heavy atom. The largest absolute Gasteiger partial charge is 0.479 e. The summed E-state index contributed by atoms with van der Waals surface area (Å²) in [5.74, 6) is 0.299. The quantitative estimate of drug-likeness (QED) is 0.569. The first-order chi connectivity index (χ1) is 9.19. The van der Waals surface area contributed by atoms with Crippen molar-refractivity contribution in [2.24, 2.45) is 0 Å². The highest BCUT2D eigenvalue weighted by molar-refractivity contribution is 5.74. The minimum atomic E-state index is -0.620. The van der Waals surface area contributed by atoms with Crippen LogP contribution in [-0.2, 0) is 20.8 Å². The molecule has 0 fully saturated rings. The SMILES string of the molecule is COCCNCc1ccccc1OC(C)C(=O)OC. The average molecular weight is 267 g/mol. The van der Waals surface area contributed by atoms with Crippen molar-refractivity contribution in [3.8, 4) is 5.75 Å². The van der Waals surface area contributed by atoms with Crippen molar-refractivity contribution in [2.45, 2.75) is 19.6 Å². The number of methoxy groups -OCH3 is 2. The lowest BCUT2D eigenvalue weighted by atomic mass is 10.2. The molecule has 0 saturated heterocycles. The van der Waals surface area contributed by atoms with Crippen LogP contribution in [0.25, 0.3) is 0 Å². The normalized spacial score (nSPS) is 11.9. The molecule has 1 rings (SSSR count). The maximum absolute atomic E-state index is 11.3. The van der Waals surface area contributed by atoms with Gasteiger partial charge in [-0.3, -0.25) is 0 Å². The number of para-hydroxylation sites is 1. The first-order valence-corrected chi connectivity index (χ1v) is 6.21. The fourth-order valence-electron chi connectivity index (χ4n) is 1.57. The zero-order chi connectivity index (χ0) is 14.1. The van der Waals surface area contributed by atoms with Crippen LogP contribution >= 0.6 is 0 Å². The molecule has 0 spiro atoms. The van der Waals surface area contributed by atoms with Gasteiger partial charge in [-0.1, -0.05) is 18.2 Å². The summed E-state index contributed by atoms with van der Waals surface area (Å²) >= 11 is 0. The second kappa shape index (κ2) is 8.50. The summed E-state index contributed by atoms with van der Waals surface area (Å²) in [6, 6.07) is 7.60. The molecule has 5 heteroatoms. The number of carbonyl (C=O) groups excluding carboxylic acids is 1. The minimum absolute atomic E-state index is 0.387. The number of esters is 1. The summed E-state index contributed by atoms with van der Waals surface area (Å²) in [5.41, 5.74) is 0.995. The number of hydrogen-bond acceptors (Lipinski definition) is 5. The molecular weight excluding hydrogens is 246 g/mol. The molecule has 1 N–H and O–H groups in total. The van der Waals surface area contributed by atoms with E-state index >= 15 is 0 Å². The summed E-state index contributed by atoms with van der Waals surface area (Å²) in [4.78, 5) is 11.3. The van der Waals surface area contributed by atoms with Crippen LogP contribution in [0.5, 0.6) is 5.75 Å². The van der Waals surface area contributed by atoms with Crippen LogP contribution in [0.2, 0.25) is 0 Å². The zero-order valence-corrected chi connectivity index (χ0v) is 11.6. The number of carbonyl (C=O) groups is 1. The van der Waals surface area contributed by atoms with E-state index in [4.69, 9.17) is 9.47 Å². The standard InChI is InChI=1S/C14H21NO4/c1-11(14(16)18-3)19-13-7-5-4-6-12(13)10-15-8-9-17-2/h4-7,11,15H,8-10H2,1-3H3. The van der Waals surface area contributed by atoms with Crippen LogP contribution in [0.1, 0.15) is 12.5 Å². The van der Waals surface area contributed by atoms with Crippen molar-refractivity contribution in [1.29, 1.82) is 0 Å². The van der Waals surface area contributed by atoms with Crippen LogP contribution in [0.4, 0.5) is 0 Å². The lowest BCUT2D eigenvalue weighted by Gasteiger charge is -2.16. The molecule has 0 radical (unpaired) electrons. The summed E-state index contributed by atoms with van der Waals surface area (Å²) in [6.07, 6.45) is -0.620. The Kier molecular flexibility index (Phi) is 6.92. The van der Waals surface area contributed by atoms with Gasteiger partial charge in [-0.2, -0.15) is 0 Å². The fourth-order valence-corrected chi connectivity index (χ4v) is 1.57. The average Bonchev–Trinajstić information content (AvgIpc) is 2.44. The second-order valence-electron chi connectivity index (χ2n) is 4.06. The molecule has 0 aliphatic heterocycles. The number of ether oxygens (including phenoxy) is 3. The van der Waals surface area contributed by atoms with E-state index in [9.17, 15) is 4.79 Å². The number of hydrogen-bond donors (Lipinski definition) is 1. The van der Waals surface area contributed by atoms with E-state index in [1.807, 2.05) is 24.3 Å². The summed E-state index contributed by atoms with van der Waals surface area (Å²) in [5, 5.41) is 3.24. The van der Waals surface area contributed by atoms with Crippen molar-refractivity contribution in [3.63, 3.8) is 0 Å². The van der Waals surface area contributed by atoms with Crippen molar-refractivity contribution in [1.82, 2.24) is 5.32 Å². The Hall–Kier alpha value is -1.59. The van der Waals surface area contributed by atoms with Gasteiger partial charge >= 0.3 is 5.97 Å². The van der Waals surface area contributed by atoms with Crippen molar-refractivity contribution in [2.75, 3.05) is 27.4 Å². The predicted molar refractivity (Wildman–Crippen MR) is 72.1 cm³/mol. The third kappa shape index (κ3) is 5.28. The third-order valence-electron chi connectivity index (χ3n) is 2.61. The highest BCUT2D eigenvalue weighted by atomic mass is 16.6. The Labute approximate surface area is 113 Å². The maximum Gasteiger partial charge on any atom is 0.346 e. The van der Waals surface area contributed by atoms with Crippen LogP contribution in [-0.4, -0.2) is 39.4 Å². The van der Waals surface area contributed by atoms with E-state index in [1.165, 1.54) is 7.11 Å². The van der Waals surface area contributed by atoms with E-state index < -0.39 is 6.10 Å². The Morgan fingerprint density at radius 1 is 1.32 bits per heavy atom. The second-order valence-corrected chi connectivity index (χ2v) is 4.06. The van der Waals surface area contributed by atoms with Crippen LogP contribution in [0, 0.1) is 0 Å². The molecule has 1 aromatic rings. The number of rotatable bonds is 8. The van der Waals surface area contributed by atoms with Crippen LogP contribution in [0.3, 0.4) is 0 Å². The molecule has 0 aromatic heterocycles. The third-order valence-corrected chi connectivity index (χ3v) is 2.61. The smallest absolute Gasteiger partial charge is 0.346 e. The van der Waals surface area contributed by atoms with Gasteiger partial charge in [-0.25, -0.2) is 4.79 Å². The maximum atomic E-state index is 11.3. The highest BCUT2D eigenvalue weighted by Crippen LogP contribution is 2.19. The molecule has 1 aromatic carbocycles. The van der Waals surface area contributed by atoms with Gasteiger partial charge < -0.3 is 19.5 Å². The van der Waals surface area contributed by atoms with Crippen molar-refractivity contribution in [3.05, 3.63) is 29.8 Å². The molecule has 0 bridgehead atoms. The van der Waals surface area contributed by atoms with E-state index in [-0.39, 0.29) is 5.97 Å². The molecule has 19 heavy (non-hydrogen) atoms. The zero-order valence-electron chi connectivity index (χ0n) is 11.6. The van der Waals surface area contributed by atoms with Crippen LogP contribution in [0.15, 0.2) is 24.3 Å². The van der Waals surface area contributed by atoms with Gasteiger partial charge in [0.15, 0.2) is 6.10 Å². The molecule has 0 aliphatic carbocycles. The van der Waals surface area contributed by atoms with Gasteiger partial charge in [0, 0.05) is 25.8 Å².